The molecule has 2 aromatic carbocycles. The lowest BCUT2D eigenvalue weighted by Crippen LogP contribution is -2.28. The van der Waals surface area contributed by atoms with E-state index in [4.69, 9.17) is 13.9 Å². The van der Waals surface area contributed by atoms with Crippen LogP contribution < -0.4 is 0 Å². The Morgan fingerprint density at radius 2 is 1.71 bits per heavy atom. The lowest BCUT2D eigenvalue weighted by atomic mass is 10.1. The molecule has 0 spiro atoms. The van der Waals surface area contributed by atoms with Crippen molar-refractivity contribution in [2.75, 3.05) is 0 Å². The molecule has 2 atom stereocenters. The van der Waals surface area contributed by atoms with Crippen molar-refractivity contribution in [2.45, 2.75) is 32.4 Å². The molecule has 6 heteroatoms. The minimum absolute atomic E-state index is 0.134. The first-order valence-electron chi connectivity index (χ1n) is 12.9. The normalized spacial score (nSPS) is 16.7. The van der Waals surface area contributed by atoms with Gasteiger partial charge in [0.15, 0.2) is 0 Å². The number of hydrogen-bond acceptors (Lipinski definition) is 4. The van der Waals surface area contributed by atoms with Gasteiger partial charge in [0.05, 0.1) is 30.7 Å². The highest BCUT2D eigenvalue weighted by molar-refractivity contribution is 5.92. The second kappa shape index (κ2) is 10.4. The van der Waals surface area contributed by atoms with Crippen LogP contribution in [0.2, 0.25) is 0 Å². The van der Waals surface area contributed by atoms with E-state index < -0.39 is 0 Å². The monoisotopic (exact) mass is 503 g/mol. The largest absolute Gasteiger partial charge is 0.467 e. The highest BCUT2D eigenvalue weighted by Gasteiger charge is 2.36. The predicted molar refractivity (Wildman–Crippen MR) is 146 cm³/mol. The summed E-state index contributed by atoms with van der Waals surface area (Å²) in [6.45, 7) is 2.94. The summed E-state index contributed by atoms with van der Waals surface area (Å²) in [6.07, 6.45) is 8.18. The molecule has 2 unspecified atom stereocenters. The van der Waals surface area contributed by atoms with Gasteiger partial charge in [0.25, 0.3) is 0 Å². The molecular formula is C32H29N3O3. The molecule has 0 bridgehead atoms. The highest BCUT2D eigenvalue weighted by Crippen LogP contribution is 2.47. The number of furan rings is 2. The Labute approximate surface area is 221 Å². The number of carbonyl (C=O) groups is 1. The summed E-state index contributed by atoms with van der Waals surface area (Å²) in [5, 5.41) is 4.84. The maximum Gasteiger partial charge on any atom is 0.247 e. The molecule has 5 aromatic rings. The number of nitrogens with zero attached hydrogens (tertiary/aromatic N) is 3. The van der Waals surface area contributed by atoms with E-state index in [0.717, 1.165) is 46.2 Å². The smallest absolute Gasteiger partial charge is 0.247 e. The average Bonchev–Trinajstić information content (AvgIpc) is 3.39. The number of aromatic nitrogens is 2. The summed E-state index contributed by atoms with van der Waals surface area (Å²) >= 11 is 0. The van der Waals surface area contributed by atoms with Crippen molar-refractivity contribution in [2.24, 2.45) is 5.92 Å². The quantitative estimate of drug-likeness (QED) is 0.201. The van der Waals surface area contributed by atoms with Crippen molar-refractivity contribution >= 4 is 12.0 Å². The van der Waals surface area contributed by atoms with Gasteiger partial charge in [-0.1, -0.05) is 55.5 Å². The maximum absolute atomic E-state index is 13.5. The van der Waals surface area contributed by atoms with Gasteiger partial charge in [-0.3, -0.25) is 4.79 Å². The zero-order valence-electron chi connectivity index (χ0n) is 21.2. The minimum atomic E-state index is -0.134. The molecule has 190 valence electrons. The molecule has 0 N–H and O–H groups in total. The van der Waals surface area contributed by atoms with Crippen molar-refractivity contribution in [1.82, 2.24) is 14.7 Å². The first kappa shape index (κ1) is 23.8. The lowest BCUT2D eigenvalue weighted by molar-refractivity contribution is -0.127. The minimum Gasteiger partial charge on any atom is -0.467 e. The summed E-state index contributed by atoms with van der Waals surface area (Å²) in [4.78, 5) is 15.2. The SMILES string of the molecule is CC1CC1c1ccc(CN(Cc2ccco2)C(=O)/C=C/c2cn(-c3ccccc3)nc2-c2ccccc2)o1. The van der Waals surface area contributed by atoms with E-state index >= 15 is 0 Å². The molecule has 3 aromatic heterocycles. The Morgan fingerprint density at radius 1 is 0.974 bits per heavy atom. The summed E-state index contributed by atoms with van der Waals surface area (Å²) in [5.74, 6) is 3.52. The first-order chi connectivity index (χ1) is 18.6. The molecule has 3 heterocycles. The second-order valence-electron chi connectivity index (χ2n) is 9.81. The number of amides is 1. The van der Waals surface area contributed by atoms with Gasteiger partial charge in [0.1, 0.15) is 17.3 Å². The van der Waals surface area contributed by atoms with E-state index in [9.17, 15) is 4.79 Å². The van der Waals surface area contributed by atoms with Gasteiger partial charge in [0, 0.05) is 29.3 Å². The number of carbonyl (C=O) groups excluding carboxylic acids is 1. The third-order valence-corrected chi connectivity index (χ3v) is 6.96. The summed E-state index contributed by atoms with van der Waals surface area (Å²) in [7, 11) is 0. The van der Waals surface area contributed by atoms with Gasteiger partial charge in [-0.25, -0.2) is 4.68 Å². The molecule has 1 amide bonds. The molecule has 1 saturated carbocycles. The van der Waals surface area contributed by atoms with Crippen LogP contribution in [0.25, 0.3) is 23.0 Å². The second-order valence-corrected chi connectivity index (χ2v) is 9.81. The zero-order valence-corrected chi connectivity index (χ0v) is 21.2. The van der Waals surface area contributed by atoms with Crippen LogP contribution in [-0.4, -0.2) is 20.6 Å². The summed E-state index contributed by atoms with van der Waals surface area (Å²) in [6, 6.07) is 27.7. The standard InChI is InChI=1S/C32H29N3O3/c1-23-19-29(23)30-16-15-28(38-30)22-34(21-27-13-8-18-37-27)31(36)17-14-25-20-35(26-11-6-3-7-12-26)33-32(25)24-9-4-2-5-10-24/h2-18,20,23,29H,19,21-22H2,1H3/b17-14+. The van der Waals surface area contributed by atoms with Crippen LogP contribution in [-0.2, 0) is 17.9 Å². The molecule has 1 aliphatic rings. The molecular weight excluding hydrogens is 474 g/mol. The third kappa shape index (κ3) is 5.25. The molecule has 0 saturated heterocycles. The summed E-state index contributed by atoms with van der Waals surface area (Å²) < 4.78 is 13.5. The highest BCUT2D eigenvalue weighted by atomic mass is 16.3. The van der Waals surface area contributed by atoms with Gasteiger partial charge in [-0.15, -0.1) is 0 Å². The molecule has 1 aliphatic carbocycles. The van der Waals surface area contributed by atoms with Gasteiger partial charge in [-0.05, 0) is 54.8 Å². The number of benzene rings is 2. The average molecular weight is 504 g/mol. The predicted octanol–water partition coefficient (Wildman–Crippen LogP) is 7.09. The van der Waals surface area contributed by atoms with Crippen LogP contribution in [0.3, 0.4) is 0 Å². The van der Waals surface area contributed by atoms with E-state index in [2.05, 4.69) is 6.92 Å². The van der Waals surface area contributed by atoms with Crippen LogP contribution in [0.1, 0.15) is 42.1 Å². The first-order valence-corrected chi connectivity index (χ1v) is 12.9. The van der Waals surface area contributed by atoms with Gasteiger partial charge < -0.3 is 13.7 Å². The molecule has 0 aliphatic heterocycles. The Morgan fingerprint density at radius 3 is 2.42 bits per heavy atom. The van der Waals surface area contributed by atoms with E-state index in [0.29, 0.717) is 24.9 Å². The lowest BCUT2D eigenvalue weighted by Gasteiger charge is -2.19. The van der Waals surface area contributed by atoms with Crippen LogP contribution in [0.5, 0.6) is 0 Å². The van der Waals surface area contributed by atoms with Gasteiger partial charge in [0.2, 0.25) is 5.91 Å². The van der Waals surface area contributed by atoms with E-state index in [1.807, 2.05) is 102 Å². The number of rotatable bonds is 9. The van der Waals surface area contributed by atoms with E-state index in [1.54, 1.807) is 17.2 Å². The van der Waals surface area contributed by atoms with Crippen molar-refractivity contribution in [3.63, 3.8) is 0 Å². The fourth-order valence-electron chi connectivity index (χ4n) is 4.70. The fourth-order valence-corrected chi connectivity index (χ4v) is 4.70. The third-order valence-electron chi connectivity index (χ3n) is 6.96. The summed E-state index contributed by atoms with van der Waals surface area (Å²) in [5.41, 5.74) is 3.60. The van der Waals surface area contributed by atoms with Crippen molar-refractivity contribution in [3.8, 4) is 16.9 Å². The van der Waals surface area contributed by atoms with Crippen LogP contribution in [0.4, 0.5) is 0 Å². The van der Waals surface area contributed by atoms with Crippen LogP contribution in [0, 0.1) is 5.92 Å². The van der Waals surface area contributed by atoms with Gasteiger partial charge >= 0.3 is 0 Å². The van der Waals surface area contributed by atoms with Crippen LogP contribution >= 0.6 is 0 Å². The van der Waals surface area contributed by atoms with E-state index in [1.165, 1.54) is 0 Å². The van der Waals surface area contributed by atoms with Crippen molar-refractivity contribution in [1.29, 1.82) is 0 Å². The Kier molecular flexibility index (Phi) is 6.53. The fraction of sp³-hybridized carbons (Fsp3) is 0.188. The Hall–Kier alpha value is -4.58. The van der Waals surface area contributed by atoms with Crippen molar-refractivity contribution in [3.05, 3.63) is 126 Å². The molecule has 38 heavy (non-hydrogen) atoms. The molecule has 0 radical (unpaired) electrons. The van der Waals surface area contributed by atoms with E-state index in [-0.39, 0.29) is 5.91 Å². The molecule has 6 nitrogen and oxygen atoms in total. The van der Waals surface area contributed by atoms with Crippen molar-refractivity contribution < 1.29 is 13.6 Å². The Balaban J connectivity index is 1.28. The van der Waals surface area contributed by atoms with Gasteiger partial charge in [-0.2, -0.15) is 5.10 Å². The topological polar surface area (TPSA) is 64.4 Å². The number of para-hydroxylation sites is 1. The Bertz CT molecular complexity index is 1530. The number of hydrogen-bond donors (Lipinski definition) is 0. The molecule has 1 fully saturated rings. The van der Waals surface area contributed by atoms with Crippen LogP contribution in [0.15, 0.2) is 112 Å². The maximum atomic E-state index is 13.5. The molecule has 6 rings (SSSR count). The zero-order chi connectivity index (χ0) is 25.9.